The molecule has 0 bridgehead atoms. The second-order valence-corrected chi connectivity index (χ2v) is 7.76. The number of nitrogens with one attached hydrogen (secondary N) is 3. The van der Waals surface area contributed by atoms with Crippen LogP contribution in [0.5, 0.6) is 0 Å². The Labute approximate surface area is 183 Å². The molecule has 14 heteroatoms. The molecule has 7 N–H and O–H groups in total. The maximum atomic E-state index is 11.7. The van der Waals surface area contributed by atoms with Gasteiger partial charge in [-0.15, -0.1) is 0 Å². The molecule has 2 aliphatic rings. The third-order valence-electron chi connectivity index (χ3n) is 5.12. The first-order valence-electron chi connectivity index (χ1n) is 9.88. The van der Waals surface area contributed by atoms with Crippen LogP contribution in [0.25, 0.3) is 0 Å². The van der Waals surface area contributed by atoms with Crippen molar-refractivity contribution in [3.63, 3.8) is 0 Å². The van der Waals surface area contributed by atoms with E-state index in [2.05, 4.69) is 16.0 Å². The van der Waals surface area contributed by atoms with Crippen LogP contribution in [0.1, 0.15) is 27.7 Å². The molecule has 2 heterocycles. The Balaban J connectivity index is 2.43. The van der Waals surface area contributed by atoms with Gasteiger partial charge in [0.1, 0.15) is 30.4 Å². The van der Waals surface area contributed by atoms with Gasteiger partial charge in [0.05, 0.1) is 12.1 Å². The van der Waals surface area contributed by atoms with Crippen molar-refractivity contribution in [2.24, 2.45) is 0 Å². The van der Waals surface area contributed by atoms with E-state index in [0.717, 1.165) is 6.92 Å². The van der Waals surface area contributed by atoms with Gasteiger partial charge >= 0.3 is 5.97 Å². The lowest BCUT2D eigenvalue weighted by Crippen LogP contribution is -2.71. The van der Waals surface area contributed by atoms with Crippen molar-refractivity contribution in [3.05, 3.63) is 0 Å². The van der Waals surface area contributed by atoms with Crippen LogP contribution in [0.4, 0.5) is 0 Å². The molecule has 2 saturated heterocycles. The van der Waals surface area contributed by atoms with E-state index in [9.17, 15) is 39.6 Å². The van der Waals surface area contributed by atoms with Crippen LogP contribution in [-0.4, -0.2) is 105 Å². The molecule has 2 fully saturated rings. The van der Waals surface area contributed by atoms with Crippen molar-refractivity contribution in [2.45, 2.75) is 88.9 Å². The van der Waals surface area contributed by atoms with E-state index in [1.165, 1.54) is 20.8 Å². The molecule has 182 valence electrons. The van der Waals surface area contributed by atoms with Crippen molar-refractivity contribution in [1.29, 1.82) is 0 Å². The number of amides is 3. The highest BCUT2D eigenvalue weighted by atomic mass is 16.7. The zero-order valence-electron chi connectivity index (χ0n) is 17.9. The molecule has 0 aromatic heterocycles. The van der Waals surface area contributed by atoms with E-state index >= 15 is 0 Å². The summed E-state index contributed by atoms with van der Waals surface area (Å²) in [6.07, 6.45) is -10.9. The second kappa shape index (κ2) is 10.5. The number of carboxylic acid groups (broad SMARTS) is 1. The van der Waals surface area contributed by atoms with E-state index in [1.807, 2.05) is 0 Å². The molecule has 0 aliphatic carbocycles. The highest BCUT2D eigenvalue weighted by Crippen LogP contribution is 2.29. The lowest BCUT2D eigenvalue weighted by molar-refractivity contribution is -0.302. The number of ether oxygens (including phenoxy) is 3. The molecule has 10 atom stereocenters. The Hall–Kier alpha value is -2.36. The summed E-state index contributed by atoms with van der Waals surface area (Å²) >= 11 is 0. The number of hydrogen-bond acceptors (Lipinski definition) is 10. The maximum Gasteiger partial charge on any atom is 0.335 e. The highest BCUT2D eigenvalue weighted by molar-refractivity contribution is 5.75. The summed E-state index contributed by atoms with van der Waals surface area (Å²) in [5.74, 6) is -3.28. The van der Waals surface area contributed by atoms with Crippen LogP contribution in [0, 0.1) is 0 Å². The highest BCUT2D eigenvalue weighted by Gasteiger charge is 2.52. The lowest BCUT2D eigenvalue weighted by atomic mass is 9.93. The Bertz CT molecular complexity index is 707. The predicted molar refractivity (Wildman–Crippen MR) is 103 cm³/mol. The number of hydrogen-bond donors (Lipinski definition) is 7. The van der Waals surface area contributed by atoms with E-state index in [4.69, 9.17) is 14.2 Å². The predicted octanol–water partition coefficient (Wildman–Crippen LogP) is -3.85. The molecule has 2 rings (SSSR count). The molecule has 14 nitrogen and oxygen atoms in total. The normalized spacial score (nSPS) is 39.6. The van der Waals surface area contributed by atoms with Crippen molar-refractivity contribution in [2.75, 3.05) is 0 Å². The molecular formula is C18H29N3O11. The van der Waals surface area contributed by atoms with Gasteiger partial charge in [-0.3, -0.25) is 14.4 Å². The quantitative estimate of drug-likeness (QED) is 0.202. The molecule has 32 heavy (non-hydrogen) atoms. The topological polar surface area (TPSA) is 213 Å². The van der Waals surface area contributed by atoms with Crippen molar-refractivity contribution < 1.29 is 53.8 Å². The average molecular weight is 463 g/mol. The van der Waals surface area contributed by atoms with Crippen LogP contribution in [-0.2, 0) is 33.4 Å². The lowest BCUT2D eigenvalue weighted by Gasteiger charge is -2.48. The number of carboxylic acids is 1. The number of rotatable bonds is 6. The van der Waals surface area contributed by atoms with Gasteiger partial charge in [0.25, 0.3) is 0 Å². The maximum absolute atomic E-state index is 11.7. The molecule has 0 aromatic carbocycles. The van der Waals surface area contributed by atoms with Crippen molar-refractivity contribution in [1.82, 2.24) is 16.0 Å². The Morgan fingerprint density at radius 1 is 0.781 bits per heavy atom. The molecule has 0 saturated carbocycles. The smallest absolute Gasteiger partial charge is 0.335 e. The molecule has 0 radical (unpaired) electrons. The third kappa shape index (κ3) is 5.90. The summed E-state index contributed by atoms with van der Waals surface area (Å²) in [5, 5.41) is 47.6. The zero-order valence-corrected chi connectivity index (χ0v) is 17.9. The monoisotopic (exact) mass is 463 g/mol. The number of aliphatic hydroxyl groups is 3. The first-order valence-corrected chi connectivity index (χ1v) is 9.88. The first kappa shape index (κ1) is 25.9. The van der Waals surface area contributed by atoms with Gasteiger partial charge in [-0.25, -0.2) is 4.79 Å². The molecular weight excluding hydrogens is 434 g/mol. The van der Waals surface area contributed by atoms with Gasteiger partial charge < -0.3 is 50.6 Å². The summed E-state index contributed by atoms with van der Waals surface area (Å²) in [6, 6.07) is -3.61. The van der Waals surface area contributed by atoms with Crippen LogP contribution in [0.15, 0.2) is 0 Å². The van der Waals surface area contributed by atoms with Gasteiger partial charge in [0.15, 0.2) is 18.7 Å². The molecule has 3 amide bonds. The van der Waals surface area contributed by atoms with Gasteiger partial charge in [-0.1, -0.05) is 0 Å². The molecule has 0 aromatic rings. The fourth-order valence-electron chi connectivity index (χ4n) is 3.76. The Morgan fingerprint density at radius 2 is 1.28 bits per heavy atom. The number of carbonyl (C=O) groups is 4. The van der Waals surface area contributed by atoms with Crippen molar-refractivity contribution >= 4 is 23.7 Å². The fourth-order valence-corrected chi connectivity index (χ4v) is 3.76. The number of aliphatic carboxylic acids is 1. The molecule has 2 aliphatic heterocycles. The fraction of sp³-hybridized carbons (Fsp3) is 0.778. The van der Waals surface area contributed by atoms with Gasteiger partial charge in [-0.05, 0) is 6.92 Å². The van der Waals surface area contributed by atoms with Gasteiger partial charge in [0.2, 0.25) is 17.7 Å². The molecule has 0 unspecified atom stereocenters. The standard InChI is InChI=1S/C18H29N3O11/c1-5-9(19-6(2)22)14(11(17(29)30-5)21-8(4)24)31-18-10(20-7(3)23)12(25)13(26)15(32-18)16(27)28/h5,9-15,17-18,25-26,29H,1-4H3,(H,19,22)(H,20,23)(H,21,24)(H,27,28)/t5-,9-,10-,11-,12-,13-,14+,15+,17+,18+/m1/s1. The number of aliphatic hydroxyl groups excluding tert-OH is 3. The summed E-state index contributed by atoms with van der Waals surface area (Å²) in [4.78, 5) is 46.6. The van der Waals surface area contributed by atoms with Crippen LogP contribution >= 0.6 is 0 Å². The SMILES string of the molecule is CC(=O)N[C@@H]1[C@@H](O[C@H]2O[C@H](C(=O)O)[C@H](O)[C@H](O)[C@H]2NC(C)=O)[C@H](NC(C)=O)[C@@H](C)O[C@@H]1O. The van der Waals surface area contributed by atoms with E-state index < -0.39 is 84.9 Å². The number of carbonyl (C=O) groups excluding carboxylic acids is 3. The summed E-state index contributed by atoms with van der Waals surface area (Å²) < 4.78 is 16.6. The Morgan fingerprint density at radius 3 is 1.78 bits per heavy atom. The van der Waals surface area contributed by atoms with Gasteiger partial charge in [-0.2, -0.15) is 0 Å². The van der Waals surface area contributed by atoms with E-state index in [-0.39, 0.29) is 0 Å². The van der Waals surface area contributed by atoms with E-state index in [1.54, 1.807) is 0 Å². The minimum absolute atomic E-state index is 0.487. The van der Waals surface area contributed by atoms with Crippen LogP contribution in [0.3, 0.4) is 0 Å². The third-order valence-corrected chi connectivity index (χ3v) is 5.12. The minimum atomic E-state index is -1.90. The average Bonchev–Trinajstić information content (AvgIpc) is 2.65. The first-order chi connectivity index (χ1) is 14.8. The van der Waals surface area contributed by atoms with Crippen LogP contribution < -0.4 is 16.0 Å². The summed E-state index contributed by atoms with van der Waals surface area (Å²) in [6.45, 7) is 5.04. The van der Waals surface area contributed by atoms with E-state index in [0.29, 0.717) is 0 Å². The summed E-state index contributed by atoms with van der Waals surface area (Å²) in [5.41, 5.74) is 0. The largest absolute Gasteiger partial charge is 0.479 e. The Kier molecular flexibility index (Phi) is 8.50. The second-order valence-electron chi connectivity index (χ2n) is 7.76. The van der Waals surface area contributed by atoms with Crippen LogP contribution in [0.2, 0.25) is 0 Å². The summed E-state index contributed by atoms with van der Waals surface area (Å²) in [7, 11) is 0. The van der Waals surface area contributed by atoms with Crippen molar-refractivity contribution in [3.8, 4) is 0 Å². The minimum Gasteiger partial charge on any atom is -0.479 e. The zero-order chi connectivity index (χ0) is 24.3. The van der Waals surface area contributed by atoms with Gasteiger partial charge in [0, 0.05) is 20.8 Å². The molecule has 0 spiro atoms.